The van der Waals surface area contributed by atoms with Gasteiger partial charge in [-0.1, -0.05) is 6.92 Å². The van der Waals surface area contributed by atoms with E-state index in [2.05, 4.69) is 12.2 Å². The summed E-state index contributed by atoms with van der Waals surface area (Å²) in [7, 11) is 0. The Labute approximate surface area is 82.0 Å². The Morgan fingerprint density at radius 3 is 2.54 bits per heavy atom. The van der Waals surface area contributed by atoms with Crippen LogP contribution in [0.2, 0.25) is 0 Å². The molecule has 1 saturated carbocycles. The molecule has 0 heterocycles. The maximum atomic E-state index is 5.28. The van der Waals surface area contributed by atoms with Crippen LogP contribution in [0, 0.1) is 5.92 Å². The number of hydrogen-bond acceptors (Lipinski definition) is 2. The molecule has 13 heavy (non-hydrogen) atoms. The highest BCUT2D eigenvalue weighted by Gasteiger charge is 2.16. The molecule has 1 N–H and O–H groups in total. The molecule has 1 aliphatic rings. The van der Waals surface area contributed by atoms with Crippen LogP contribution in [0.25, 0.3) is 0 Å². The van der Waals surface area contributed by atoms with Crippen molar-refractivity contribution in [3.63, 3.8) is 0 Å². The van der Waals surface area contributed by atoms with E-state index in [9.17, 15) is 0 Å². The second-order valence-electron chi connectivity index (χ2n) is 4.11. The van der Waals surface area contributed by atoms with Gasteiger partial charge in [-0.25, -0.2) is 0 Å². The third-order valence-electron chi connectivity index (χ3n) is 2.90. The van der Waals surface area contributed by atoms with E-state index in [-0.39, 0.29) is 0 Å². The summed E-state index contributed by atoms with van der Waals surface area (Å²) < 4.78 is 5.28. The molecule has 1 rings (SSSR count). The smallest absolute Gasteiger partial charge is 0.0590 e. The van der Waals surface area contributed by atoms with Gasteiger partial charge in [-0.15, -0.1) is 0 Å². The zero-order chi connectivity index (χ0) is 9.52. The van der Waals surface area contributed by atoms with Gasteiger partial charge >= 0.3 is 0 Å². The van der Waals surface area contributed by atoms with Crippen LogP contribution in [0.5, 0.6) is 0 Å². The van der Waals surface area contributed by atoms with Crippen molar-refractivity contribution >= 4 is 0 Å². The van der Waals surface area contributed by atoms with Crippen LogP contribution in [-0.4, -0.2) is 25.8 Å². The lowest BCUT2D eigenvalue weighted by atomic mass is 9.87. The number of hydrogen-bond donors (Lipinski definition) is 1. The van der Waals surface area contributed by atoms with Crippen LogP contribution < -0.4 is 5.32 Å². The fourth-order valence-electron chi connectivity index (χ4n) is 1.94. The molecule has 0 bridgehead atoms. The highest BCUT2D eigenvalue weighted by molar-refractivity contribution is 4.74. The number of ether oxygens (including phenoxy) is 1. The zero-order valence-corrected chi connectivity index (χ0v) is 9.01. The van der Waals surface area contributed by atoms with Crippen LogP contribution in [0.1, 0.15) is 39.5 Å². The van der Waals surface area contributed by atoms with Crippen LogP contribution in [0.4, 0.5) is 0 Å². The molecule has 1 aliphatic carbocycles. The van der Waals surface area contributed by atoms with Crippen LogP contribution >= 0.6 is 0 Å². The van der Waals surface area contributed by atoms with Gasteiger partial charge in [0, 0.05) is 19.2 Å². The lowest BCUT2D eigenvalue weighted by molar-refractivity contribution is 0.143. The molecule has 0 radical (unpaired) electrons. The quantitative estimate of drug-likeness (QED) is 0.663. The standard InChI is InChI=1S/C11H23NO/c1-3-13-9-8-12-11-6-4-10(2)5-7-11/h10-12H,3-9H2,1-2H3. The molecule has 0 unspecified atom stereocenters. The van der Waals surface area contributed by atoms with Gasteiger partial charge in [-0.2, -0.15) is 0 Å². The van der Waals surface area contributed by atoms with Crippen LogP contribution in [0.15, 0.2) is 0 Å². The topological polar surface area (TPSA) is 21.3 Å². The van der Waals surface area contributed by atoms with Gasteiger partial charge in [-0.3, -0.25) is 0 Å². The van der Waals surface area contributed by atoms with Gasteiger partial charge in [0.2, 0.25) is 0 Å². The summed E-state index contributed by atoms with van der Waals surface area (Å²) in [6.07, 6.45) is 5.50. The average molecular weight is 185 g/mol. The summed E-state index contributed by atoms with van der Waals surface area (Å²) in [6, 6.07) is 0.761. The Bertz CT molecular complexity index is 119. The molecule has 0 aromatic heterocycles. The maximum Gasteiger partial charge on any atom is 0.0590 e. The molecule has 0 aliphatic heterocycles. The van der Waals surface area contributed by atoms with Crippen molar-refractivity contribution in [2.75, 3.05) is 19.8 Å². The van der Waals surface area contributed by atoms with Crippen molar-refractivity contribution in [2.45, 2.75) is 45.6 Å². The highest BCUT2D eigenvalue weighted by Crippen LogP contribution is 2.23. The van der Waals surface area contributed by atoms with Gasteiger partial charge in [0.15, 0.2) is 0 Å². The minimum atomic E-state index is 0.761. The van der Waals surface area contributed by atoms with E-state index in [0.29, 0.717) is 0 Å². The van der Waals surface area contributed by atoms with Crippen LogP contribution in [0.3, 0.4) is 0 Å². The van der Waals surface area contributed by atoms with E-state index in [0.717, 1.165) is 31.7 Å². The van der Waals surface area contributed by atoms with E-state index in [1.807, 2.05) is 6.92 Å². The van der Waals surface area contributed by atoms with Crippen molar-refractivity contribution in [2.24, 2.45) is 5.92 Å². The van der Waals surface area contributed by atoms with Gasteiger partial charge in [0.25, 0.3) is 0 Å². The zero-order valence-electron chi connectivity index (χ0n) is 9.01. The monoisotopic (exact) mass is 185 g/mol. The first-order valence-electron chi connectivity index (χ1n) is 5.64. The molecule has 2 nitrogen and oxygen atoms in total. The minimum absolute atomic E-state index is 0.761. The predicted octanol–water partition coefficient (Wildman–Crippen LogP) is 2.19. The molecule has 0 saturated heterocycles. The predicted molar refractivity (Wildman–Crippen MR) is 55.9 cm³/mol. The number of nitrogens with one attached hydrogen (secondary N) is 1. The van der Waals surface area contributed by atoms with Crippen molar-refractivity contribution in [1.29, 1.82) is 0 Å². The molecule has 0 spiro atoms. The summed E-state index contributed by atoms with van der Waals surface area (Å²) in [5.41, 5.74) is 0. The normalized spacial score (nSPS) is 29.1. The fraction of sp³-hybridized carbons (Fsp3) is 1.00. The number of rotatable bonds is 5. The second-order valence-corrected chi connectivity index (χ2v) is 4.11. The molecular weight excluding hydrogens is 162 g/mol. The van der Waals surface area contributed by atoms with E-state index in [1.54, 1.807) is 0 Å². The molecule has 2 heteroatoms. The summed E-state index contributed by atoms with van der Waals surface area (Å²) in [4.78, 5) is 0. The van der Waals surface area contributed by atoms with Gasteiger partial charge in [0.1, 0.15) is 0 Å². The first kappa shape index (κ1) is 11.0. The summed E-state index contributed by atoms with van der Waals surface area (Å²) in [5.74, 6) is 0.949. The van der Waals surface area contributed by atoms with Crippen molar-refractivity contribution < 1.29 is 4.74 Å². The Morgan fingerprint density at radius 1 is 1.23 bits per heavy atom. The van der Waals surface area contributed by atoms with Crippen LogP contribution in [-0.2, 0) is 4.74 Å². The Kier molecular flexibility index (Phi) is 5.40. The first-order chi connectivity index (χ1) is 6.33. The second kappa shape index (κ2) is 6.39. The largest absolute Gasteiger partial charge is 0.380 e. The Morgan fingerprint density at radius 2 is 1.92 bits per heavy atom. The third kappa shape index (κ3) is 4.63. The lowest BCUT2D eigenvalue weighted by Crippen LogP contribution is -2.34. The molecule has 0 amide bonds. The fourth-order valence-corrected chi connectivity index (χ4v) is 1.94. The van der Waals surface area contributed by atoms with Crippen molar-refractivity contribution in [3.05, 3.63) is 0 Å². The SMILES string of the molecule is CCOCCNC1CCC(C)CC1. The molecule has 1 fully saturated rings. The minimum Gasteiger partial charge on any atom is -0.380 e. The summed E-state index contributed by atoms with van der Waals surface area (Å²) in [6.45, 7) is 7.12. The molecule has 0 aromatic carbocycles. The third-order valence-corrected chi connectivity index (χ3v) is 2.90. The first-order valence-corrected chi connectivity index (χ1v) is 5.64. The average Bonchev–Trinajstić information content (AvgIpc) is 2.15. The lowest BCUT2D eigenvalue weighted by Gasteiger charge is -2.26. The van der Waals surface area contributed by atoms with E-state index >= 15 is 0 Å². The molecular formula is C11H23NO. The van der Waals surface area contributed by atoms with E-state index < -0.39 is 0 Å². The maximum absolute atomic E-state index is 5.28. The van der Waals surface area contributed by atoms with Gasteiger partial charge in [-0.05, 0) is 38.5 Å². The van der Waals surface area contributed by atoms with Crippen molar-refractivity contribution in [1.82, 2.24) is 5.32 Å². The van der Waals surface area contributed by atoms with Gasteiger partial charge < -0.3 is 10.1 Å². The molecule has 0 aromatic rings. The molecule has 0 atom stereocenters. The van der Waals surface area contributed by atoms with Gasteiger partial charge in [0.05, 0.1) is 6.61 Å². The summed E-state index contributed by atoms with van der Waals surface area (Å²) >= 11 is 0. The Balaban J connectivity index is 1.96. The highest BCUT2D eigenvalue weighted by atomic mass is 16.5. The van der Waals surface area contributed by atoms with Crippen molar-refractivity contribution in [3.8, 4) is 0 Å². The van der Waals surface area contributed by atoms with E-state index in [4.69, 9.17) is 4.74 Å². The Hall–Kier alpha value is -0.0800. The van der Waals surface area contributed by atoms with E-state index in [1.165, 1.54) is 25.7 Å². The molecule has 78 valence electrons. The summed E-state index contributed by atoms with van der Waals surface area (Å²) in [5, 5.41) is 3.55.